The Bertz CT molecular complexity index is 386. The Morgan fingerprint density at radius 1 is 1.17 bits per heavy atom. The minimum Gasteiger partial charge on any atom is -0.317 e. The van der Waals surface area contributed by atoms with E-state index in [-0.39, 0.29) is 11.5 Å². The molecule has 0 aliphatic heterocycles. The molecule has 2 N–H and O–H groups in total. The molecule has 1 saturated carbocycles. The fourth-order valence-electron chi connectivity index (χ4n) is 2.59. The van der Waals surface area contributed by atoms with E-state index in [1.807, 2.05) is 0 Å². The first-order chi connectivity index (χ1) is 8.50. The first kappa shape index (κ1) is 13.6. The van der Waals surface area contributed by atoms with E-state index in [1.165, 1.54) is 17.0 Å². The number of hydroxylamine groups is 1. The Labute approximate surface area is 110 Å². The van der Waals surface area contributed by atoms with E-state index in [4.69, 9.17) is 5.21 Å². The highest BCUT2D eigenvalue weighted by Crippen LogP contribution is 2.33. The fraction of sp³-hybridized carbons (Fsp3) is 0.562. The molecule has 1 fully saturated rings. The normalized spacial score (nSPS) is 19.1. The van der Waals surface area contributed by atoms with Gasteiger partial charge in [0, 0.05) is 12.0 Å². The van der Waals surface area contributed by atoms with Gasteiger partial charge in [0.05, 0.1) is 0 Å². The van der Waals surface area contributed by atoms with Crippen molar-refractivity contribution in [2.24, 2.45) is 0 Å². The van der Waals surface area contributed by atoms with Gasteiger partial charge in [-0.3, -0.25) is 0 Å². The zero-order valence-electron chi connectivity index (χ0n) is 11.7. The second-order valence-electron chi connectivity index (χ2n) is 6.34. The molecule has 1 aliphatic rings. The lowest BCUT2D eigenvalue weighted by Gasteiger charge is -2.28. The van der Waals surface area contributed by atoms with Crippen LogP contribution in [0.5, 0.6) is 0 Å². The van der Waals surface area contributed by atoms with Crippen LogP contribution in [0.1, 0.15) is 57.6 Å². The third-order valence-corrected chi connectivity index (χ3v) is 3.91. The summed E-state index contributed by atoms with van der Waals surface area (Å²) in [6.07, 6.45) is 4.24. The summed E-state index contributed by atoms with van der Waals surface area (Å²) < 4.78 is 0. The predicted octanol–water partition coefficient (Wildman–Crippen LogP) is 3.83. The third-order valence-electron chi connectivity index (χ3n) is 3.91. The number of rotatable bonds is 2. The molecule has 0 unspecified atom stereocenters. The Balaban J connectivity index is 2.10. The topological polar surface area (TPSA) is 32.3 Å². The Morgan fingerprint density at radius 2 is 1.83 bits per heavy atom. The quantitative estimate of drug-likeness (QED) is 0.777. The minimum atomic E-state index is 0.209. The molecule has 1 radical (unpaired) electrons. The van der Waals surface area contributed by atoms with E-state index in [1.54, 1.807) is 0 Å². The van der Waals surface area contributed by atoms with Gasteiger partial charge in [-0.15, -0.1) is 0 Å². The van der Waals surface area contributed by atoms with Crippen LogP contribution in [0.3, 0.4) is 0 Å². The van der Waals surface area contributed by atoms with Gasteiger partial charge in [0.25, 0.3) is 0 Å². The maximum Gasteiger partial charge on any atom is 0.0320 e. The van der Waals surface area contributed by atoms with Gasteiger partial charge in [0.2, 0.25) is 0 Å². The van der Waals surface area contributed by atoms with Crippen LogP contribution in [-0.2, 0) is 5.41 Å². The molecule has 1 aromatic rings. The molecule has 2 heteroatoms. The van der Waals surface area contributed by atoms with E-state index >= 15 is 0 Å². The summed E-state index contributed by atoms with van der Waals surface area (Å²) in [5.74, 6) is 1.53. The highest BCUT2D eigenvalue weighted by atomic mass is 16.5. The monoisotopic (exact) mass is 246 g/mol. The summed E-state index contributed by atoms with van der Waals surface area (Å²) in [6.45, 7) is 6.76. The van der Waals surface area contributed by atoms with Crippen LogP contribution in [0.15, 0.2) is 24.3 Å². The van der Waals surface area contributed by atoms with Gasteiger partial charge in [-0.1, -0.05) is 45.0 Å². The molecule has 0 heterocycles. The molecule has 18 heavy (non-hydrogen) atoms. The average molecular weight is 246 g/mol. The first-order valence-corrected chi connectivity index (χ1v) is 6.86. The summed E-state index contributed by atoms with van der Waals surface area (Å²) in [5.41, 5.74) is 5.39. The molecule has 1 aliphatic carbocycles. The van der Waals surface area contributed by atoms with Gasteiger partial charge < -0.3 is 5.21 Å². The first-order valence-electron chi connectivity index (χ1n) is 6.86. The van der Waals surface area contributed by atoms with Crippen molar-refractivity contribution in [1.29, 1.82) is 0 Å². The summed E-state index contributed by atoms with van der Waals surface area (Å²) in [7, 11) is 0. The Morgan fingerprint density at radius 3 is 2.39 bits per heavy atom. The summed E-state index contributed by atoms with van der Waals surface area (Å²) in [5, 5.41) is 8.94. The van der Waals surface area contributed by atoms with Crippen LogP contribution in [0, 0.1) is 5.92 Å². The number of hydrogen-bond donors (Lipinski definition) is 2. The van der Waals surface area contributed by atoms with Gasteiger partial charge in [-0.25, -0.2) is 5.48 Å². The van der Waals surface area contributed by atoms with E-state index in [2.05, 4.69) is 50.5 Å². The Hall–Kier alpha value is -0.860. The van der Waals surface area contributed by atoms with Crippen molar-refractivity contribution < 1.29 is 5.21 Å². The van der Waals surface area contributed by atoms with Crippen LogP contribution in [-0.4, -0.2) is 11.2 Å². The third kappa shape index (κ3) is 3.12. The van der Waals surface area contributed by atoms with Gasteiger partial charge >= 0.3 is 0 Å². The summed E-state index contributed by atoms with van der Waals surface area (Å²) >= 11 is 0. The lowest BCUT2D eigenvalue weighted by Crippen LogP contribution is -2.30. The molecule has 0 atom stereocenters. The van der Waals surface area contributed by atoms with Crippen LogP contribution in [0.4, 0.5) is 0 Å². The highest BCUT2D eigenvalue weighted by Gasteiger charge is 2.23. The minimum absolute atomic E-state index is 0.209. The van der Waals surface area contributed by atoms with Crippen LogP contribution in [0.25, 0.3) is 0 Å². The zero-order valence-corrected chi connectivity index (χ0v) is 11.7. The molecule has 99 valence electrons. The molecule has 2 nitrogen and oxygen atoms in total. The van der Waals surface area contributed by atoms with Gasteiger partial charge in [0.1, 0.15) is 0 Å². The van der Waals surface area contributed by atoms with E-state index in [0.717, 1.165) is 25.7 Å². The molecule has 0 saturated heterocycles. The van der Waals surface area contributed by atoms with E-state index in [0.29, 0.717) is 0 Å². The number of nitrogens with one attached hydrogen (secondary N) is 1. The lowest BCUT2D eigenvalue weighted by atomic mass is 9.79. The van der Waals surface area contributed by atoms with Crippen molar-refractivity contribution in [2.45, 2.75) is 57.9 Å². The van der Waals surface area contributed by atoms with Crippen molar-refractivity contribution in [3.8, 4) is 0 Å². The van der Waals surface area contributed by atoms with Crippen molar-refractivity contribution >= 4 is 0 Å². The molecule has 2 rings (SSSR count). The van der Waals surface area contributed by atoms with Gasteiger partial charge in [-0.2, -0.15) is 0 Å². The summed E-state index contributed by atoms with van der Waals surface area (Å²) in [6, 6.07) is 9.21. The fourth-order valence-corrected chi connectivity index (χ4v) is 2.59. The van der Waals surface area contributed by atoms with Crippen LogP contribution >= 0.6 is 0 Å². The molecular weight excluding hydrogens is 222 g/mol. The number of benzene rings is 1. The summed E-state index contributed by atoms with van der Waals surface area (Å²) in [4.78, 5) is 0. The standard InChI is InChI=1S/C16H24NO/c1-16(2,3)14-6-4-5-13(11-14)12-7-9-15(17-18)10-8-12/h4-6,11,15,17-18H,7-10H2,1-3H3. The van der Waals surface area contributed by atoms with Gasteiger partial charge in [0.15, 0.2) is 0 Å². The average Bonchev–Trinajstić information content (AvgIpc) is 2.38. The van der Waals surface area contributed by atoms with Crippen LogP contribution in [0.2, 0.25) is 0 Å². The molecule has 0 aromatic heterocycles. The van der Waals surface area contributed by atoms with Crippen LogP contribution < -0.4 is 5.48 Å². The second kappa shape index (κ2) is 5.41. The Kier molecular flexibility index (Phi) is 4.08. The van der Waals surface area contributed by atoms with E-state index < -0.39 is 0 Å². The predicted molar refractivity (Wildman–Crippen MR) is 74.7 cm³/mol. The lowest BCUT2D eigenvalue weighted by molar-refractivity contribution is 0.110. The molecule has 1 aromatic carbocycles. The van der Waals surface area contributed by atoms with Crippen molar-refractivity contribution in [3.05, 3.63) is 41.3 Å². The second-order valence-corrected chi connectivity index (χ2v) is 6.34. The maximum atomic E-state index is 8.94. The highest BCUT2D eigenvalue weighted by molar-refractivity contribution is 5.37. The smallest absolute Gasteiger partial charge is 0.0320 e. The van der Waals surface area contributed by atoms with E-state index in [9.17, 15) is 0 Å². The van der Waals surface area contributed by atoms with Crippen molar-refractivity contribution in [1.82, 2.24) is 5.48 Å². The van der Waals surface area contributed by atoms with Gasteiger partial charge in [-0.05, 0) is 42.2 Å². The SMILES string of the molecule is CC(C)(C)c1cccc([C]2CCC(NO)CC2)c1. The molecule has 0 bridgehead atoms. The molecule has 0 amide bonds. The van der Waals surface area contributed by atoms with Crippen molar-refractivity contribution in [2.75, 3.05) is 0 Å². The largest absolute Gasteiger partial charge is 0.317 e. The molecule has 0 spiro atoms. The molecular formula is C16H24NO. The number of hydrogen-bond acceptors (Lipinski definition) is 2. The van der Waals surface area contributed by atoms with Crippen molar-refractivity contribution in [3.63, 3.8) is 0 Å². The zero-order chi connectivity index (χ0) is 13.2. The maximum absolute atomic E-state index is 8.94.